The number of carbonyl (C=O) groups is 3. The van der Waals surface area contributed by atoms with Crippen LogP contribution in [0.3, 0.4) is 0 Å². The molecule has 9 heteroatoms. The third-order valence-corrected chi connectivity index (χ3v) is 3.13. The van der Waals surface area contributed by atoms with Crippen molar-refractivity contribution in [1.82, 2.24) is 21.3 Å². The van der Waals surface area contributed by atoms with Gasteiger partial charge in [-0.15, -0.1) is 0 Å². The molecule has 0 fully saturated rings. The number of hydrogen-bond donors (Lipinski definition) is 5. The van der Waals surface area contributed by atoms with Crippen LogP contribution in [0.25, 0.3) is 0 Å². The highest BCUT2D eigenvalue weighted by atomic mass is 16.4. The van der Waals surface area contributed by atoms with Crippen molar-refractivity contribution in [1.29, 1.82) is 0 Å². The molecule has 9 nitrogen and oxygen atoms in total. The van der Waals surface area contributed by atoms with Gasteiger partial charge in [-0.25, -0.2) is 0 Å². The summed E-state index contributed by atoms with van der Waals surface area (Å²) in [6, 6.07) is 0. The van der Waals surface area contributed by atoms with Crippen LogP contribution in [0.4, 0.5) is 0 Å². The third-order valence-electron chi connectivity index (χ3n) is 3.13. The van der Waals surface area contributed by atoms with E-state index in [1.807, 2.05) is 0 Å². The average molecular weight is 327 g/mol. The van der Waals surface area contributed by atoms with Gasteiger partial charge in [0.1, 0.15) is 0 Å². The van der Waals surface area contributed by atoms with E-state index in [4.69, 9.17) is 5.11 Å². The van der Waals surface area contributed by atoms with Crippen LogP contribution in [-0.2, 0) is 14.4 Å². The van der Waals surface area contributed by atoms with E-state index >= 15 is 0 Å². The summed E-state index contributed by atoms with van der Waals surface area (Å²) in [5.41, 5.74) is 0. The number of aliphatic imine (C=N–C) groups is 1. The summed E-state index contributed by atoms with van der Waals surface area (Å²) in [4.78, 5) is 37.4. The van der Waals surface area contributed by atoms with Crippen molar-refractivity contribution in [2.24, 2.45) is 4.99 Å². The molecule has 0 aromatic carbocycles. The molecule has 0 bridgehead atoms. The molecule has 0 atom stereocenters. The van der Waals surface area contributed by atoms with Gasteiger partial charge in [-0.3, -0.25) is 19.4 Å². The van der Waals surface area contributed by atoms with E-state index in [-0.39, 0.29) is 37.6 Å². The minimum Gasteiger partial charge on any atom is -0.481 e. The van der Waals surface area contributed by atoms with Gasteiger partial charge in [0.25, 0.3) is 0 Å². The molecule has 5 N–H and O–H groups in total. The van der Waals surface area contributed by atoms with Crippen LogP contribution in [0.15, 0.2) is 4.99 Å². The summed E-state index contributed by atoms with van der Waals surface area (Å²) in [5, 5.41) is 19.9. The van der Waals surface area contributed by atoms with Gasteiger partial charge >= 0.3 is 5.97 Å². The largest absolute Gasteiger partial charge is 0.481 e. The smallest absolute Gasteiger partial charge is 0.303 e. The van der Waals surface area contributed by atoms with Crippen LogP contribution in [0.5, 0.6) is 0 Å². The molecule has 0 spiro atoms. The number of carboxylic acid groups (broad SMARTS) is 1. The van der Waals surface area contributed by atoms with E-state index < -0.39 is 5.97 Å². The number of aliphatic carboxylic acids is 1. The lowest BCUT2D eigenvalue weighted by Gasteiger charge is -2.08. The molecule has 0 saturated carbocycles. The van der Waals surface area contributed by atoms with E-state index in [1.54, 1.807) is 0 Å². The molecule has 1 aliphatic heterocycles. The highest BCUT2D eigenvalue weighted by Gasteiger charge is 2.06. The maximum Gasteiger partial charge on any atom is 0.303 e. The normalized spacial score (nSPS) is 13.0. The molecule has 130 valence electrons. The molecule has 0 radical (unpaired) electrons. The molecule has 1 rings (SSSR count). The Morgan fingerprint density at radius 3 is 2.52 bits per heavy atom. The highest BCUT2D eigenvalue weighted by molar-refractivity contribution is 5.84. The van der Waals surface area contributed by atoms with Crippen molar-refractivity contribution >= 4 is 23.7 Å². The van der Waals surface area contributed by atoms with Crippen molar-refractivity contribution in [2.75, 3.05) is 32.7 Å². The molecule has 0 aromatic heterocycles. The van der Waals surface area contributed by atoms with E-state index in [0.717, 1.165) is 38.4 Å². The molecule has 1 aliphatic rings. The van der Waals surface area contributed by atoms with Crippen molar-refractivity contribution in [3.05, 3.63) is 0 Å². The number of nitrogens with one attached hydrogen (secondary N) is 4. The Bertz CT molecular complexity index is 439. The fourth-order valence-corrected chi connectivity index (χ4v) is 1.93. The zero-order valence-electron chi connectivity index (χ0n) is 13.2. The van der Waals surface area contributed by atoms with Crippen LogP contribution < -0.4 is 21.3 Å². The van der Waals surface area contributed by atoms with E-state index in [1.165, 1.54) is 0 Å². The average Bonchev–Trinajstić information content (AvgIpc) is 3.01. The van der Waals surface area contributed by atoms with Gasteiger partial charge in [-0.2, -0.15) is 0 Å². The third kappa shape index (κ3) is 10.1. The van der Waals surface area contributed by atoms with Crippen molar-refractivity contribution in [2.45, 2.75) is 32.1 Å². The fourth-order valence-electron chi connectivity index (χ4n) is 1.93. The topological polar surface area (TPSA) is 132 Å². The first-order chi connectivity index (χ1) is 11.1. The molecule has 0 unspecified atom stereocenters. The van der Waals surface area contributed by atoms with Gasteiger partial charge in [0.2, 0.25) is 11.8 Å². The number of amides is 2. The second-order valence-corrected chi connectivity index (χ2v) is 5.16. The number of rotatable bonds is 11. The van der Waals surface area contributed by atoms with Crippen LogP contribution in [0.2, 0.25) is 0 Å². The number of nitrogens with zero attached hydrogens (tertiary/aromatic N) is 1. The number of guanidine groups is 1. The Hall–Kier alpha value is -2.32. The first kappa shape index (κ1) is 18.7. The van der Waals surface area contributed by atoms with Crippen LogP contribution in [0, 0.1) is 0 Å². The van der Waals surface area contributed by atoms with Gasteiger partial charge in [-0.05, 0) is 19.3 Å². The molecule has 0 aromatic rings. The summed E-state index contributed by atoms with van der Waals surface area (Å²) < 4.78 is 0. The Morgan fingerprint density at radius 1 is 1.04 bits per heavy atom. The first-order valence-corrected chi connectivity index (χ1v) is 7.85. The first-order valence-electron chi connectivity index (χ1n) is 7.85. The molecule has 1 heterocycles. The zero-order chi connectivity index (χ0) is 16.9. The molecule has 23 heavy (non-hydrogen) atoms. The van der Waals surface area contributed by atoms with Gasteiger partial charge in [0, 0.05) is 32.5 Å². The van der Waals surface area contributed by atoms with E-state index in [0.29, 0.717) is 6.54 Å². The lowest BCUT2D eigenvalue weighted by molar-refractivity contribution is -0.137. The fraction of sp³-hybridized carbons (Fsp3) is 0.714. The summed E-state index contributed by atoms with van der Waals surface area (Å²) in [7, 11) is 0. The predicted octanol–water partition coefficient (Wildman–Crippen LogP) is -1.20. The van der Waals surface area contributed by atoms with Crippen molar-refractivity contribution in [3.8, 4) is 0 Å². The lowest BCUT2D eigenvalue weighted by atomic mass is 10.2. The van der Waals surface area contributed by atoms with E-state index in [2.05, 4.69) is 26.3 Å². The van der Waals surface area contributed by atoms with Gasteiger partial charge in [-0.1, -0.05) is 0 Å². The summed E-state index contributed by atoms with van der Waals surface area (Å²) in [6.07, 6.45) is 2.08. The Kier molecular flexibility index (Phi) is 9.18. The van der Waals surface area contributed by atoms with Gasteiger partial charge < -0.3 is 26.4 Å². The number of carbonyl (C=O) groups excluding carboxylic acids is 2. The maximum atomic E-state index is 11.5. The predicted molar refractivity (Wildman–Crippen MR) is 85.0 cm³/mol. The number of carboxylic acids is 1. The van der Waals surface area contributed by atoms with Crippen LogP contribution in [0.1, 0.15) is 32.1 Å². The minimum absolute atomic E-state index is 0.0460. The second-order valence-electron chi connectivity index (χ2n) is 5.16. The lowest BCUT2D eigenvalue weighted by Crippen LogP contribution is -2.37. The highest BCUT2D eigenvalue weighted by Crippen LogP contribution is 1.94. The van der Waals surface area contributed by atoms with Crippen LogP contribution >= 0.6 is 0 Å². The standard InChI is InChI=1S/C14H25N5O4/c20-11(4-3-5-13(22)23)19-10-12(21)15-6-1-2-7-16-14-17-8-9-18-14/h1-10H2,(H,15,21)(H,19,20)(H,22,23)(H2,16,17,18). The summed E-state index contributed by atoms with van der Waals surface area (Å²) >= 11 is 0. The molecular formula is C14H25N5O4. The summed E-state index contributed by atoms with van der Waals surface area (Å²) in [6.45, 7) is 2.95. The number of unbranched alkanes of at least 4 members (excludes halogenated alkanes) is 1. The molecule has 2 amide bonds. The Labute approximate surface area is 135 Å². The van der Waals surface area contributed by atoms with Crippen LogP contribution in [-0.4, -0.2) is 61.6 Å². The zero-order valence-corrected chi connectivity index (χ0v) is 13.2. The van der Waals surface area contributed by atoms with Gasteiger partial charge in [0.15, 0.2) is 5.96 Å². The summed E-state index contributed by atoms with van der Waals surface area (Å²) in [5.74, 6) is -0.651. The van der Waals surface area contributed by atoms with Crippen molar-refractivity contribution < 1.29 is 19.5 Å². The quantitative estimate of drug-likeness (QED) is 0.303. The molecule has 0 saturated heterocycles. The molecular weight excluding hydrogens is 302 g/mol. The monoisotopic (exact) mass is 327 g/mol. The Balaban J connectivity index is 1.91. The maximum absolute atomic E-state index is 11.5. The SMILES string of the molecule is O=C(O)CCCC(=O)NCC(=O)NCCCCNC1=NCCN1. The van der Waals surface area contributed by atoms with E-state index in [9.17, 15) is 14.4 Å². The molecule has 0 aliphatic carbocycles. The number of hydrogen-bond acceptors (Lipinski definition) is 6. The Morgan fingerprint density at radius 2 is 1.83 bits per heavy atom. The second kappa shape index (κ2) is 11.3. The van der Waals surface area contributed by atoms with Gasteiger partial charge in [0.05, 0.1) is 13.1 Å². The van der Waals surface area contributed by atoms with Crippen molar-refractivity contribution in [3.63, 3.8) is 0 Å². The minimum atomic E-state index is -0.930.